The molecular weight excluding hydrogens is 278 g/mol. The van der Waals surface area contributed by atoms with Gasteiger partial charge in [0.25, 0.3) is 5.91 Å². The van der Waals surface area contributed by atoms with Crippen molar-refractivity contribution in [3.05, 3.63) is 53.1 Å². The number of hydrogen-bond donors (Lipinski definition) is 1. The highest BCUT2D eigenvalue weighted by Crippen LogP contribution is 2.40. The number of carbonyl (C=O) groups excluding carboxylic acids is 1. The molecule has 2 aromatic rings. The van der Waals surface area contributed by atoms with Gasteiger partial charge >= 0.3 is 0 Å². The van der Waals surface area contributed by atoms with Crippen molar-refractivity contribution < 1.29 is 14.3 Å². The van der Waals surface area contributed by atoms with Gasteiger partial charge in [-0.05, 0) is 37.6 Å². The van der Waals surface area contributed by atoms with Gasteiger partial charge in [0.05, 0.1) is 0 Å². The second-order valence-electron chi connectivity index (χ2n) is 6.04. The second-order valence-corrected chi connectivity index (χ2v) is 6.04. The molecule has 1 aliphatic rings. The Morgan fingerprint density at radius 3 is 2.45 bits per heavy atom. The summed E-state index contributed by atoms with van der Waals surface area (Å²) in [4.78, 5) is 12.4. The maximum Gasteiger partial charge on any atom is 0.255 e. The first-order valence-corrected chi connectivity index (χ1v) is 7.25. The topological polar surface area (TPSA) is 47.6 Å². The highest BCUT2D eigenvalue weighted by atomic mass is 16.7. The zero-order valence-electron chi connectivity index (χ0n) is 13.2. The van der Waals surface area contributed by atoms with Crippen LogP contribution in [0.2, 0.25) is 0 Å². The predicted molar refractivity (Wildman–Crippen MR) is 85.6 cm³/mol. The average molecular weight is 297 g/mol. The van der Waals surface area contributed by atoms with E-state index in [1.807, 2.05) is 58.0 Å². The van der Waals surface area contributed by atoms with E-state index in [-0.39, 0.29) is 5.91 Å². The molecule has 1 aliphatic heterocycles. The summed E-state index contributed by atoms with van der Waals surface area (Å²) in [5.41, 5.74) is 3.45. The molecule has 1 heterocycles. The molecule has 0 spiro atoms. The summed E-state index contributed by atoms with van der Waals surface area (Å²) < 4.78 is 11.3. The van der Waals surface area contributed by atoms with Gasteiger partial charge < -0.3 is 14.8 Å². The van der Waals surface area contributed by atoms with Gasteiger partial charge in [0.2, 0.25) is 5.79 Å². The number of nitrogens with one attached hydrogen (secondary N) is 1. The van der Waals surface area contributed by atoms with Crippen molar-refractivity contribution >= 4 is 11.6 Å². The maximum absolute atomic E-state index is 12.4. The third-order valence-corrected chi connectivity index (χ3v) is 3.54. The van der Waals surface area contributed by atoms with Crippen LogP contribution in [0.5, 0.6) is 11.5 Å². The Bertz CT molecular complexity index is 750. The number of amides is 1. The van der Waals surface area contributed by atoms with Gasteiger partial charge in [-0.3, -0.25) is 4.79 Å². The van der Waals surface area contributed by atoms with Crippen molar-refractivity contribution in [2.75, 3.05) is 5.32 Å². The van der Waals surface area contributed by atoms with Crippen molar-refractivity contribution in [3.8, 4) is 11.5 Å². The molecule has 1 amide bonds. The third kappa shape index (κ3) is 2.77. The molecule has 114 valence electrons. The Balaban J connectivity index is 1.81. The lowest BCUT2D eigenvalue weighted by molar-refractivity contribution is -0.0431. The molecule has 0 saturated carbocycles. The lowest BCUT2D eigenvalue weighted by Gasteiger charge is -2.16. The zero-order valence-corrected chi connectivity index (χ0v) is 13.2. The first-order chi connectivity index (χ1) is 10.3. The fourth-order valence-corrected chi connectivity index (χ4v) is 2.57. The van der Waals surface area contributed by atoms with Crippen LogP contribution in [-0.4, -0.2) is 11.7 Å². The number of rotatable bonds is 2. The lowest BCUT2D eigenvalue weighted by Crippen LogP contribution is -2.29. The van der Waals surface area contributed by atoms with Gasteiger partial charge in [-0.15, -0.1) is 0 Å². The Labute approximate surface area is 130 Å². The lowest BCUT2D eigenvalue weighted by atomic mass is 10.1. The number of fused-ring (bicyclic) bond motifs is 1. The largest absolute Gasteiger partial charge is 0.449 e. The minimum atomic E-state index is -0.668. The summed E-state index contributed by atoms with van der Waals surface area (Å²) in [5, 5.41) is 2.90. The quantitative estimate of drug-likeness (QED) is 0.909. The molecule has 0 aliphatic carbocycles. The number of benzene rings is 2. The van der Waals surface area contributed by atoms with Crippen LogP contribution in [0.4, 0.5) is 5.69 Å². The average Bonchev–Trinajstić information content (AvgIpc) is 2.71. The summed E-state index contributed by atoms with van der Waals surface area (Å²) in [6.07, 6.45) is 0. The second kappa shape index (κ2) is 5.05. The summed E-state index contributed by atoms with van der Waals surface area (Å²) in [5.74, 6) is 0.534. The highest BCUT2D eigenvalue weighted by molar-refractivity contribution is 6.05. The molecule has 0 radical (unpaired) electrons. The van der Waals surface area contributed by atoms with Crippen molar-refractivity contribution in [1.29, 1.82) is 0 Å². The molecule has 0 atom stereocenters. The first kappa shape index (κ1) is 14.4. The van der Waals surface area contributed by atoms with Crippen molar-refractivity contribution in [2.45, 2.75) is 33.5 Å². The molecule has 1 N–H and O–H groups in total. The van der Waals surface area contributed by atoms with Crippen molar-refractivity contribution in [2.24, 2.45) is 0 Å². The van der Waals surface area contributed by atoms with Crippen LogP contribution in [0.1, 0.15) is 35.3 Å². The van der Waals surface area contributed by atoms with Crippen LogP contribution >= 0.6 is 0 Å². The molecule has 0 unspecified atom stereocenters. The van der Waals surface area contributed by atoms with E-state index in [2.05, 4.69) is 5.32 Å². The number of anilines is 1. The van der Waals surface area contributed by atoms with Crippen LogP contribution in [0.3, 0.4) is 0 Å². The molecule has 0 aromatic heterocycles. The summed E-state index contributed by atoms with van der Waals surface area (Å²) >= 11 is 0. The van der Waals surface area contributed by atoms with Crippen molar-refractivity contribution in [1.82, 2.24) is 0 Å². The summed E-state index contributed by atoms with van der Waals surface area (Å²) in [7, 11) is 0. The normalized spacial score (nSPS) is 14.7. The SMILES string of the molecule is Cc1ccc(C(=O)Nc2ccc3c(c2)OC(C)(C)O3)c(C)c1. The van der Waals surface area contributed by atoms with Gasteiger partial charge in [-0.1, -0.05) is 17.7 Å². The molecule has 2 aromatic carbocycles. The Kier molecular flexibility index (Phi) is 3.32. The van der Waals surface area contributed by atoms with E-state index in [1.165, 1.54) is 0 Å². The molecular formula is C18H19NO3. The minimum absolute atomic E-state index is 0.129. The summed E-state index contributed by atoms with van der Waals surface area (Å²) in [6.45, 7) is 7.64. The highest BCUT2D eigenvalue weighted by Gasteiger charge is 2.31. The van der Waals surface area contributed by atoms with Gasteiger partial charge in [0.15, 0.2) is 11.5 Å². The molecule has 0 fully saturated rings. The van der Waals surface area contributed by atoms with E-state index < -0.39 is 5.79 Å². The summed E-state index contributed by atoms with van der Waals surface area (Å²) in [6, 6.07) is 11.2. The van der Waals surface area contributed by atoms with Gasteiger partial charge in [-0.2, -0.15) is 0 Å². The Morgan fingerprint density at radius 2 is 1.73 bits per heavy atom. The zero-order chi connectivity index (χ0) is 15.9. The van der Waals surface area contributed by atoms with Gasteiger partial charge in [0, 0.05) is 31.2 Å². The van der Waals surface area contributed by atoms with Crippen molar-refractivity contribution in [3.63, 3.8) is 0 Å². The van der Waals surface area contributed by atoms with E-state index in [0.29, 0.717) is 22.7 Å². The molecule has 4 nitrogen and oxygen atoms in total. The van der Waals surface area contributed by atoms with Gasteiger partial charge in [0.1, 0.15) is 0 Å². The predicted octanol–water partition coefficient (Wildman–Crippen LogP) is 4.06. The smallest absolute Gasteiger partial charge is 0.255 e. The number of aryl methyl sites for hydroxylation is 2. The number of carbonyl (C=O) groups is 1. The Morgan fingerprint density at radius 1 is 1.00 bits per heavy atom. The van der Waals surface area contributed by atoms with E-state index in [4.69, 9.17) is 9.47 Å². The van der Waals surface area contributed by atoms with Gasteiger partial charge in [-0.25, -0.2) is 0 Å². The van der Waals surface area contributed by atoms with Crippen LogP contribution < -0.4 is 14.8 Å². The number of ether oxygens (including phenoxy) is 2. The fourth-order valence-electron chi connectivity index (χ4n) is 2.57. The number of hydrogen-bond acceptors (Lipinski definition) is 3. The van der Waals surface area contributed by atoms with E-state index in [1.54, 1.807) is 6.07 Å². The van der Waals surface area contributed by atoms with Crippen LogP contribution in [0.15, 0.2) is 36.4 Å². The van der Waals surface area contributed by atoms with E-state index in [0.717, 1.165) is 11.1 Å². The Hall–Kier alpha value is -2.49. The third-order valence-electron chi connectivity index (χ3n) is 3.54. The van der Waals surface area contributed by atoms with E-state index >= 15 is 0 Å². The molecule has 22 heavy (non-hydrogen) atoms. The molecule has 0 bridgehead atoms. The molecule has 0 saturated heterocycles. The van der Waals surface area contributed by atoms with Crippen LogP contribution in [0.25, 0.3) is 0 Å². The molecule has 4 heteroatoms. The molecule has 3 rings (SSSR count). The first-order valence-electron chi connectivity index (χ1n) is 7.25. The minimum Gasteiger partial charge on any atom is -0.449 e. The fraction of sp³-hybridized carbons (Fsp3) is 0.278. The van der Waals surface area contributed by atoms with Crippen LogP contribution in [0, 0.1) is 13.8 Å². The van der Waals surface area contributed by atoms with E-state index in [9.17, 15) is 4.79 Å². The van der Waals surface area contributed by atoms with Crippen LogP contribution in [-0.2, 0) is 0 Å². The standard InChI is InChI=1S/C18H19NO3/c1-11-5-7-14(12(2)9-11)17(20)19-13-6-8-15-16(10-13)22-18(3,4)21-15/h5-10H,1-4H3,(H,19,20). The monoisotopic (exact) mass is 297 g/mol. The maximum atomic E-state index is 12.4.